The first-order chi connectivity index (χ1) is 9.29. The zero-order valence-electron chi connectivity index (χ0n) is 10.3. The van der Waals surface area contributed by atoms with Crippen molar-refractivity contribution in [2.24, 2.45) is 0 Å². The van der Waals surface area contributed by atoms with Crippen molar-refractivity contribution in [2.75, 3.05) is 11.9 Å². The number of carbonyl (C=O) groups is 1. The number of hydrogen-bond acceptors (Lipinski definition) is 3. The van der Waals surface area contributed by atoms with Gasteiger partial charge in [0.2, 0.25) is 0 Å². The number of rotatable bonds is 4. The summed E-state index contributed by atoms with van der Waals surface area (Å²) in [5.74, 6) is 0.463. The van der Waals surface area contributed by atoms with Crippen LogP contribution in [-0.4, -0.2) is 22.7 Å². The number of hydrogen-bond donors (Lipinski definition) is 3. The zero-order chi connectivity index (χ0) is 13.5. The molecule has 1 atom stereocenters. The predicted molar refractivity (Wildman–Crippen MR) is 72.7 cm³/mol. The van der Waals surface area contributed by atoms with Gasteiger partial charge in [-0.25, -0.2) is 9.78 Å². The van der Waals surface area contributed by atoms with Crippen LogP contribution in [0.25, 0.3) is 0 Å². The molecule has 2 amide bonds. The number of anilines is 1. The molecule has 0 spiro atoms. The van der Waals surface area contributed by atoms with Crippen molar-refractivity contribution in [3.8, 4) is 0 Å². The van der Waals surface area contributed by atoms with Crippen molar-refractivity contribution in [3.05, 3.63) is 60.3 Å². The van der Waals surface area contributed by atoms with E-state index in [1.165, 1.54) is 0 Å². The SMILES string of the molecule is O=C(Nc1ccccn1)N[C@H](CO)c1ccccc1. The molecule has 1 heterocycles. The first kappa shape index (κ1) is 13.0. The number of pyridine rings is 1. The smallest absolute Gasteiger partial charge is 0.320 e. The highest BCUT2D eigenvalue weighted by Gasteiger charge is 2.13. The number of nitrogens with zero attached hydrogens (tertiary/aromatic N) is 1. The summed E-state index contributed by atoms with van der Waals surface area (Å²) in [6.07, 6.45) is 1.59. The second-order valence-electron chi connectivity index (χ2n) is 3.96. The van der Waals surface area contributed by atoms with Gasteiger partial charge in [0, 0.05) is 6.20 Å². The molecule has 1 aromatic heterocycles. The Morgan fingerprint density at radius 1 is 1.16 bits per heavy atom. The van der Waals surface area contributed by atoms with Gasteiger partial charge in [-0.1, -0.05) is 36.4 Å². The minimum Gasteiger partial charge on any atom is -0.394 e. The van der Waals surface area contributed by atoms with Gasteiger partial charge in [-0.2, -0.15) is 0 Å². The van der Waals surface area contributed by atoms with Gasteiger partial charge in [-0.3, -0.25) is 5.32 Å². The highest BCUT2D eigenvalue weighted by molar-refractivity contribution is 5.88. The van der Waals surface area contributed by atoms with Gasteiger partial charge in [-0.15, -0.1) is 0 Å². The summed E-state index contributed by atoms with van der Waals surface area (Å²) in [4.78, 5) is 15.8. The van der Waals surface area contributed by atoms with Crippen molar-refractivity contribution in [2.45, 2.75) is 6.04 Å². The number of aliphatic hydroxyl groups excluding tert-OH is 1. The zero-order valence-corrected chi connectivity index (χ0v) is 10.3. The lowest BCUT2D eigenvalue weighted by Gasteiger charge is -2.16. The summed E-state index contributed by atoms with van der Waals surface area (Å²) < 4.78 is 0. The number of amides is 2. The summed E-state index contributed by atoms with van der Waals surface area (Å²) >= 11 is 0. The van der Waals surface area contributed by atoms with Crippen LogP contribution in [0.2, 0.25) is 0 Å². The topological polar surface area (TPSA) is 74.2 Å². The Bertz CT molecular complexity index is 517. The number of benzene rings is 1. The molecule has 0 radical (unpaired) electrons. The number of aromatic nitrogens is 1. The molecule has 5 nitrogen and oxygen atoms in total. The van der Waals surface area contributed by atoms with Crippen LogP contribution < -0.4 is 10.6 Å². The van der Waals surface area contributed by atoms with Crippen LogP contribution in [0.1, 0.15) is 11.6 Å². The fraction of sp³-hybridized carbons (Fsp3) is 0.143. The number of aliphatic hydroxyl groups is 1. The van der Waals surface area contributed by atoms with Gasteiger partial charge in [0.1, 0.15) is 5.82 Å². The molecule has 5 heteroatoms. The normalized spacial score (nSPS) is 11.6. The molecule has 0 aliphatic carbocycles. The van der Waals surface area contributed by atoms with E-state index in [9.17, 15) is 9.90 Å². The van der Waals surface area contributed by atoms with Crippen LogP contribution in [0, 0.1) is 0 Å². The fourth-order valence-electron chi connectivity index (χ4n) is 1.67. The van der Waals surface area contributed by atoms with E-state index in [0.717, 1.165) is 5.56 Å². The van der Waals surface area contributed by atoms with Crippen LogP contribution in [0.4, 0.5) is 10.6 Å². The third-order valence-corrected chi connectivity index (χ3v) is 2.60. The quantitative estimate of drug-likeness (QED) is 0.783. The van der Waals surface area contributed by atoms with Crippen molar-refractivity contribution in [3.63, 3.8) is 0 Å². The summed E-state index contributed by atoms with van der Waals surface area (Å²) in [5.41, 5.74) is 0.848. The molecular weight excluding hydrogens is 242 g/mol. The minimum atomic E-state index is -0.440. The summed E-state index contributed by atoms with van der Waals surface area (Å²) in [5, 5.41) is 14.6. The van der Waals surface area contributed by atoms with E-state index >= 15 is 0 Å². The molecule has 0 aliphatic rings. The molecule has 0 bridgehead atoms. The molecule has 2 rings (SSSR count). The maximum atomic E-state index is 11.8. The van der Waals surface area contributed by atoms with Crippen LogP contribution in [0.15, 0.2) is 54.7 Å². The summed E-state index contributed by atoms with van der Waals surface area (Å²) in [6.45, 7) is -0.167. The van der Waals surface area contributed by atoms with Gasteiger partial charge in [-0.05, 0) is 17.7 Å². The third-order valence-electron chi connectivity index (χ3n) is 2.60. The van der Waals surface area contributed by atoms with Gasteiger partial charge in [0.25, 0.3) is 0 Å². The van der Waals surface area contributed by atoms with Gasteiger partial charge in [0.15, 0.2) is 0 Å². The molecular formula is C14H15N3O2. The Hall–Kier alpha value is -2.40. The van der Waals surface area contributed by atoms with E-state index in [1.54, 1.807) is 24.4 Å². The maximum absolute atomic E-state index is 11.8. The lowest BCUT2D eigenvalue weighted by Crippen LogP contribution is -2.34. The van der Waals surface area contributed by atoms with Crippen molar-refractivity contribution in [1.82, 2.24) is 10.3 Å². The van der Waals surface area contributed by atoms with Gasteiger partial charge >= 0.3 is 6.03 Å². The summed E-state index contributed by atoms with van der Waals surface area (Å²) in [7, 11) is 0. The molecule has 0 saturated heterocycles. The second-order valence-corrected chi connectivity index (χ2v) is 3.96. The lowest BCUT2D eigenvalue weighted by molar-refractivity contribution is 0.225. The molecule has 0 aliphatic heterocycles. The maximum Gasteiger partial charge on any atom is 0.320 e. The highest BCUT2D eigenvalue weighted by atomic mass is 16.3. The molecule has 19 heavy (non-hydrogen) atoms. The lowest BCUT2D eigenvalue weighted by atomic mass is 10.1. The Kier molecular flexibility index (Phi) is 4.47. The molecule has 1 aromatic carbocycles. The molecule has 3 N–H and O–H groups in total. The van der Waals surface area contributed by atoms with E-state index in [-0.39, 0.29) is 6.61 Å². The predicted octanol–water partition coefficient (Wildman–Crippen LogP) is 1.94. The van der Waals surface area contributed by atoms with Crippen LogP contribution in [0.3, 0.4) is 0 Å². The second kappa shape index (κ2) is 6.51. The average Bonchev–Trinajstić information content (AvgIpc) is 2.47. The Labute approximate surface area is 111 Å². The Morgan fingerprint density at radius 2 is 1.89 bits per heavy atom. The van der Waals surface area contributed by atoms with E-state index < -0.39 is 12.1 Å². The van der Waals surface area contributed by atoms with Crippen molar-refractivity contribution >= 4 is 11.8 Å². The van der Waals surface area contributed by atoms with E-state index in [2.05, 4.69) is 15.6 Å². The van der Waals surface area contributed by atoms with Crippen LogP contribution in [0.5, 0.6) is 0 Å². The van der Waals surface area contributed by atoms with Crippen molar-refractivity contribution < 1.29 is 9.90 Å². The van der Waals surface area contributed by atoms with E-state index in [4.69, 9.17) is 0 Å². The van der Waals surface area contributed by atoms with Gasteiger partial charge < -0.3 is 10.4 Å². The standard InChI is InChI=1S/C14H15N3O2/c18-10-12(11-6-2-1-3-7-11)16-14(19)17-13-8-4-5-9-15-13/h1-9,12,18H,10H2,(H2,15,16,17,19)/t12-/m1/s1. The Balaban J connectivity index is 1.97. The summed E-state index contributed by atoms with van der Waals surface area (Å²) in [6, 6.07) is 13.7. The van der Waals surface area contributed by atoms with Crippen LogP contribution >= 0.6 is 0 Å². The first-order valence-electron chi connectivity index (χ1n) is 5.94. The molecule has 2 aromatic rings. The van der Waals surface area contributed by atoms with Crippen molar-refractivity contribution in [1.29, 1.82) is 0 Å². The highest BCUT2D eigenvalue weighted by Crippen LogP contribution is 2.11. The minimum absolute atomic E-state index is 0.167. The third kappa shape index (κ3) is 3.79. The molecule has 98 valence electrons. The fourth-order valence-corrected chi connectivity index (χ4v) is 1.67. The number of nitrogens with one attached hydrogen (secondary N) is 2. The first-order valence-corrected chi connectivity index (χ1v) is 5.94. The van der Waals surface area contributed by atoms with Crippen LogP contribution in [-0.2, 0) is 0 Å². The van der Waals surface area contributed by atoms with Gasteiger partial charge in [0.05, 0.1) is 12.6 Å². The molecule has 0 unspecified atom stereocenters. The number of carbonyl (C=O) groups excluding carboxylic acids is 1. The average molecular weight is 257 g/mol. The van der Waals surface area contributed by atoms with E-state index in [1.807, 2.05) is 30.3 Å². The molecule has 0 fully saturated rings. The monoisotopic (exact) mass is 257 g/mol. The Morgan fingerprint density at radius 3 is 2.53 bits per heavy atom. The molecule has 0 saturated carbocycles. The van der Waals surface area contributed by atoms with E-state index in [0.29, 0.717) is 5.82 Å². The largest absolute Gasteiger partial charge is 0.394 e. The number of urea groups is 1.